The standard InChI is InChI=1S/C15H21ClO3/c1-4-17-14-8-11(6-7-13-10(3)19-13)12(16)9-15(14)18-5-2/h8-10,13H,4-7H2,1-3H3. The highest BCUT2D eigenvalue weighted by atomic mass is 35.5. The lowest BCUT2D eigenvalue weighted by molar-refractivity contribution is 0.287. The lowest BCUT2D eigenvalue weighted by Gasteiger charge is -2.13. The van der Waals surface area contributed by atoms with Crippen LogP contribution in [0.25, 0.3) is 0 Å². The Labute approximate surface area is 119 Å². The first-order valence-electron chi connectivity index (χ1n) is 6.89. The highest BCUT2D eigenvalue weighted by Gasteiger charge is 2.33. The summed E-state index contributed by atoms with van der Waals surface area (Å²) in [6, 6.07) is 3.84. The second-order valence-corrected chi connectivity index (χ2v) is 5.08. The zero-order valence-electron chi connectivity index (χ0n) is 11.7. The Morgan fingerprint density at radius 1 is 1.16 bits per heavy atom. The lowest BCUT2D eigenvalue weighted by atomic mass is 10.1. The van der Waals surface area contributed by atoms with E-state index in [1.54, 1.807) is 0 Å². The van der Waals surface area contributed by atoms with Crippen molar-refractivity contribution in [2.45, 2.75) is 45.8 Å². The van der Waals surface area contributed by atoms with Gasteiger partial charge < -0.3 is 14.2 Å². The van der Waals surface area contributed by atoms with Crippen LogP contribution in [0.5, 0.6) is 11.5 Å². The van der Waals surface area contributed by atoms with Crippen LogP contribution in [0.3, 0.4) is 0 Å². The van der Waals surface area contributed by atoms with Gasteiger partial charge in [-0.1, -0.05) is 11.6 Å². The molecule has 0 amide bonds. The van der Waals surface area contributed by atoms with E-state index < -0.39 is 0 Å². The zero-order chi connectivity index (χ0) is 13.8. The molecule has 1 aliphatic rings. The molecule has 19 heavy (non-hydrogen) atoms. The van der Waals surface area contributed by atoms with Gasteiger partial charge in [-0.05, 0) is 45.2 Å². The van der Waals surface area contributed by atoms with E-state index in [1.807, 2.05) is 26.0 Å². The molecule has 1 aliphatic heterocycles. The van der Waals surface area contributed by atoms with Crippen LogP contribution in [-0.2, 0) is 11.2 Å². The Morgan fingerprint density at radius 3 is 2.26 bits per heavy atom. The molecule has 2 atom stereocenters. The number of epoxide rings is 1. The van der Waals surface area contributed by atoms with Gasteiger partial charge in [-0.15, -0.1) is 0 Å². The number of rotatable bonds is 7. The van der Waals surface area contributed by atoms with Crippen molar-refractivity contribution in [2.24, 2.45) is 0 Å². The Hall–Kier alpha value is -0.930. The van der Waals surface area contributed by atoms with Crippen LogP contribution in [0.15, 0.2) is 12.1 Å². The Kier molecular flexibility index (Phi) is 4.94. The van der Waals surface area contributed by atoms with Gasteiger partial charge in [0.05, 0.1) is 25.4 Å². The van der Waals surface area contributed by atoms with Crippen LogP contribution >= 0.6 is 11.6 Å². The van der Waals surface area contributed by atoms with Crippen LogP contribution in [0.2, 0.25) is 5.02 Å². The number of benzene rings is 1. The Morgan fingerprint density at radius 2 is 1.74 bits per heavy atom. The number of ether oxygens (including phenoxy) is 3. The zero-order valence-corrected chi connectivity index (χ0v) is 12.5. The van der Waals surface area contributed by atoms with Crippen molar-refractivity contribution in [2.75, 3.05) is 13.2 Å². The van der Waals surface area contributed by atoms with E-state index >= 15 is 0 Å². The van der Waals surface area contributed by atoms with Gasteiger partial charge in [0.1, 0.15) is 0 Å². The Bertz CT molecular complexity index is 434. The minimum atomic E-state index is 0.387. The minimum absolute atomic E-state index is 0.387. The lowest BCUT2D eigenvalue weighted by Crippen LogP contribution is -2.01. The number of halogens is 1. The molecule has 1 saturated heterocycles. The first kappa shape index (κ1) is 14.5. The van der Waals surface area contributed by atoms with Gasteiger partial charge in [0, 0.05) is 11.1 Å². The monoisotopic (exact) mass is 284 g/mol. The SMILES string of the molecule is CCOc1cc(Cl)c(CCC2OC2C)cc1OCC. The normalized spacial score (nSPS) is 21.3. The molecule has 2 rings (SSSR count). The maximum atomic E-state index is 6.30. The smallest absolute Gasteiger partial charge is 0.162 e. The number of hydrogen-bond donors (Lipinski definition) is 0. The molecule has 106 valence electrons. The summed E-state index contributed by atoms with van der Waals surface area (Å²) in [6.45, 7) is 7.22. The van der Waals surface area contributed by atoms with Crippen molar-refractivity contribution in [3.8, 4) is 11.5 Å². The summed E-state index contributed by atoms with van der Waals surface area (Å²) in [4.78, 5) is 0. The third-order valence-corrected chi connectivity index (χ3v) is 3.60. The fourth-order valence-electron chi connectivity index (χ4n) is 2.14. The summed E-state index contributed by atoms with van der Waals surface area (Å²) in [7, 11) is 0. The van der Waals surface area contributed by atoms with Crippen molar-refractivity contribution in [1.82, 2.24) is 0 Å². The van der Waals surface area contributed by atoms with Gasteiger partial charge in [-0.25, -0.2) is 0 Å². The van der Waals surface area contributed by atoms with Crippen molar-refractivity contribution in [3.63, 3.8) is 0 Å². The van der Waals surface area contributed by atoms with Gasteiger partial charge >= 0.3 is 0 Å². The molecule has 0 aliphatic carbocycles. The predicted molar refractivity (Wildman–Crippen MR) is 76.4 cm³/mol. The molecule has 0 bridgehead atoms. The number of hydrogen-bond acceptors (Lipinski definition) is 3. The summed E-state index contributed by atoms with van der Waals surface area (Å²) < 4.78 is 16.6. The maximum Gasteiger partial charge on any atom is 0.162 e. The summed E-state index contributed by atoms with van der Waals surface area (Å²) in [5, 5.41) is 0.736. The van der Waals surface area contributed by atoms with Crippen LogP contribution in [0, 0.1) is 0 Å². The third kappa shape index (κ3) is 3.77. The quantitative estimate of drug-likeness (QED) is 0.713. The average Bonchev–Trinajstić information content (AvgIpc) is 3.07. The van der Waals surface area contributed by atoms with E-state index in [9.17, 15) is 0 Å². The maximum absolute atomic E-state index is 6.30. The van der Waals surface area contributed by atoms with E-state index in [0.29, 0.717) is 31.2 Å². The molecule has 1 fully saturated rings. The van der Waals surface area contributed by atoms with Crippen LogP contribution < -0.4 is 9.47 Å². The molecule has 1 aromatic carbocycles. The van der Waals surface area contributed by atoms with E-state index in [2.05, 4.69) is 6.92 Å². The van der Waals surface area contributed by atoms with Crippen LogP contribution in [0.1, 0.15) is 32.8 Å². The van der Waals surface area contributed by atoms with E-state index in [0.717, 1.165) is 29.2 Å². The molecule has 1 heterocycles. The van der Waals surface area contributed by atoms with Gasteiger partial charge in [0.2, 0.25) is 0 Å². The fraction of sp³-hybridized carbons (Fsp3) is 0.600. The first-order valence-corrected chi connectivity index (χ1v) is 7.27. The molecule has 1 aromatic rings. The molecule has 4 heteroatoms. The van der Waals surface area contributed by atoms with Crippen molar-refractivity contribution >= 4 is 11.6 Å². The average molecular weight is 285 g/mol. The molecule has 3 nitrogen and oxygen atoms in total. The van der Waals surface area contributed by atoms with Gasteiger partial charge in [0.25, 0.3) is 0 Å². The van der Waals surface area contributed by atoms with E-state index in [1.165, 1.54) is 0 Å². The molecule has 0 N–H and O–H groups in total. The molecule has 0 aromatic heterocycles. The number of aryl methyl sites for hydroxylation is 1. The summed E-state index contributed by atoms with van der Waals surface area (Å²) in [5.74, 6) is 1.49. The molecule has 0 spiro atoms. The van der Waals surface area contributed by atoms with E-state index in [4.69, 9.17) is 25.8 Å². The summed E-state index contributed by atoms with van der Waals surface area (Å²) >= 11 is 6.30. The fourth-order valence-corrected chi connectivity index (χ4v) is 2.38. The second kappa shape index (κ2) is 6.49. The third-order valence-electron chi connectivity index (χ3n) is 3.25. The summed E-state index contributed by atoms with van der Waals surface area (Å²) in [6.07, 6.45) is 2.69. The largest absolute Gasteiger partial charge is 0.490 e. The topological polar surface area (TPSA) is 31.0 Å². The predicted octanol–water partition coefficient (Wildman–Crippen LogP) is 3.86. The molecule has 0 saturated carbocycles. The van der Waals surface area contributed by atoms with E-state index in [-0.39, 0.29) is 0 Å². The van der Waals surface area contributed by atoms with Crippen molar-refractivity contribution in [3.05, 3.63) is 22.7 Å². The molecule has 2 unspecified atom stereocenters. The molecular weight excluding hydrogens is 264 g/mol. The second-order valence-electron chi connectivity index (χ2n) is 4.67. The van der Waals surface area contributed by atoms with Gasteiger partial charge in [0.15, 0.2) is 11.5 Å². The minimum Gasteiger partial charge on any atom is -0.490 e. The van der Waals surface area contributed by atoms with Crippen molar-refractivity contribution in [1.29, 1.82) is 0 Å². The first-order chi connectivity index (χ1) is 9.15. The molecule has 0 radical (unpaired) electrons. The van der Waals surface area contributed by atoms with Gasteiger partial charge in [-0.3, -0.25) is 0 Å². The van der Waals surface area contributed by atoms with Crippen LogP contribution in [0.4, 0.5) is 0 Å². The summed E-state index contributed by atoms with van der Waals surface area (Å²) in [5.41, 5.74) is 1.09. The Balaban J connectivity index is 2.10. The molecular formula is C15H21ClO3. The van der Waals surface area contributed by atoms with Crippen molar-refractivity contribution < 1.29 is 14.2 Å². The van der Waals surface area contributed by atoms with Crippen LogP contribution in [-0.4, -0.2) is 25.4 Å². The van der Waals surface area contributed by atoms with Gasteiger partial charge in [-0.2, -0.15) is 0 Å². The highest BCUT2D eigenvalue weighted by molar-refractivity contribution is 6.31. The highest BCUT2D eigenvalue weighted by Crippen LogP contribution is 2.35.